The molecule has 0 aliphatic carbocycles. The third-order valence-electron chi connectivity index (χ3n) is 4.71. The predicted molar refractivity (Wildman–Crippen MR) is 118 cm³/mol. The average molecular weight is 412 g/mol. The second-order valence-electron chi connectivity index (χ2n) is 6.93. The van der Waals surface area contributed by atoms with Crippen molar-refractivity contribution in [1.29, 1.82) is 0 Å². The molecule has 0 aliphatic heterocycles. The lowest BCUT2D eigenvalue weighted by Gasteiger charge is -2.26. The van der Waals surface area contributed by atoms with Gasteiger partial charge in [0, 0.05) is 46.8 Å². The van der Waals surface area contributed by atoms with Crippen LogP contribution in [0.2, 0.25) is 0 Å². The summed E-state index contributed by atoms with van der Waals surface area (Å²) in [6.45, 7) is 1.96. The number of carbonyl (C=O) groups is 1. The highest BCUT2D eigenvalue weighted by atomic mass is 16.5. The Morgan fingerprint density at radius 2 is 1.90 bits per heavy atom. The first-order chi connectivity index (χ1) is 15.1. The standard InChI is InChI=1S/C24H20N4O3/c1-17(28(24(29)30)23-15-27-22-5-3-2-4-21(22)23)16-31-20-12-19(13-26-14-20)7-6-18-8-10-25-11-9-18/h2-5,8-15,17,27H,16H2,1H3,(H,29,30). The van der Waals surface area contributed by atoms with Crippen molar-refractivity contribution in [1.82, 2.24) is 15.0 Å². The average Bonchev–Trinajstić information content (AvgIpc) is 3.21. The van der Waals surface area contributed by atoms with Gasteiger partial charge in [0.1, 0.15) is 12.4 Å². The molecule has 31 heavy (non-hydrogen) atoms. The number of para-hydroxylation sites is 1. The summed E-state index contributed by atoms with van der Waals surface area (Å²) in [5, 5.41) is 10.7. The lowest BCUT2D eigenvalue weighted by atomic mass is 10.2. The molecule has 0 saturated carbocycles. The smallest absolute Gasteiger partial charge is 0.412 e. The topological polar surface area (TPSA) is 91.3 Å². The van der Waals surface area contributed by atoms with Gasteiger partial charge in [-0.2, -0.15) is 0 Å². The summed E-state index contributed by atoms with van der Waals surface area (Å²) in [6, 6.07) is 12.6. The monoisotopic (exact) mass is 412 g/mol. The van der Waals surface area contributed by atoms with Gasteiger partial charge in [-0.3, -0.25) is 14.9 Å². The molecule has 0 bridgehead atoms. The second kappa shape index (κ2) is 9.01. The van der Waals surface area contributed by atoms with Crippen LogP contribution in [0.15, 0.2) is 73.4 Å². The lowest BCUT2D eigenvalue weighted by Crippen LogP contribution is -2.41. The fourth-order valence-corrected chi connectivity index (χ4v) is 3.22. The summed E-state index contributed by atoms with van der Waals surface area (Å²) in [5.74, 6) is 6.62. The Morgan fingerprint density at radius 3 is 2.71 bits per heavy atom. The summed E-state index contributed by atoms with van der Waals surface area (Å²) in [4.78, 5) is 24.5. The van der Waals surface area contributed by atoms with Crippen LogP contribution in [0.25, 0.3) is 10.9 Å². The van der Waals surface area contributed by atoms with Gasteiger partial charge in [0.25, 0.3) is 0 Å². The molecule has 1 atom stereocenters. The van der Waals surface area contributed by atoms with Gasteiger partial charge < -0.3 is 14.8 Å². The van der Waals surface area contributed by atoms with Crippen molar-refractivity contribution >= 4 is 22.7 Å². The van der Waals surface area contributed by atoms with Crippen molar-refractivity contribution in [2.45, 2.75) is 13.0 Å². The van der Waals surface area contributed by atoms with Gasteiger partial charge in [0.2, 0.25) is 0 Å². The number of rotatable bonds is 5. The maximum atomic E-state index is 12.0. The van der Waals surface area contributed by atoms with Crippen LogP contribution in [-0.4, -0.2) is 38.8 Å². The van der Waals surface area contributed by atoms with Gasteiger partial charge in [-0.1, -0.05) is 30.0 Å². The Labute approximate surface area is 179 Å². The van der Waals surface area contributed by atoms with Crippen molar-refractivity contribution in [2.24, 2.45) is 0 Å². The van der Waals surface area contributed by atoms with Crippen LogP contribution in [0.3, 0.4) is 0 Å². The van der Waals surface area contributed by atoms with Crippen molar-refractivity contribution in [3.63, 3.8) is 0 Å². The molecule has 7 nitrogen and oxygen atoms in total. The number of aromatic amines is 1. The Kier molecular flexibility index (Phi) is 5.81. The molecule has 3 aromatic heterocycles. The zero-order chi connectivity index (χ0) is 21.6. The van der Waals surface area contributed by atoms with E-state index in [1.807, 2.05) is 36.4 Å². The maximum absolute atomic E-state index is 12.0. The van der Waals surface area contributed by atoms with E-state index >= 15 is 0 Å². The molecule has 3 heterocycles. The molecule has 7 heteroatoms. The third-order valence-corrected chi connectivity index (χ3v) is 4.71. The van der Waals surface area contributed by atoms with Crippen LogP contribution in [-0.2, 0) is 0 Å². The Hall–Kier alpha value is -4.31. The van der Waals surface area contributed by atoms with Gasteiger partial charge in [0.05, 0.1) is 17.9 Å². The molecule has 4 rings (SSSR count). The van der Waals surface area contributed by atoms with Crippen LogP contribution in [0.4, 0.5) is 10.5 Å². The number of anilines is 1. The first kappa shape index (κ1) is 20.0. The SMILES string of the molecule is CC(COc1cncc(C#Cc2ccncc2)c1)N(C(=O)O)c1c[nH]c2ccccc12. The highest BCUT2D eigenvalue weighted by Gasteiger charge is 2.24. The van der Waals surface area contributed by atoms with E-state index in [0.29, 0.717) is 17.0 Å². The molecular weight excluding hydrogens is 392 g/mol. The molecule has 154 valence electrons. The summed E-state index contributed by atoms with van der Waals surface area (Å²) < 4.78 is 5.85. The minimum Gasteiger partial charge on any atom is -0.490 e. The number of nitrogens with one attached hydrogen (secondary N) is 1. The van der Waals surface area contributed by atoms with E-state index in [4.69, 9.17) is 4.74 Å². The molecule has 0 radical (unpaired) electrons. The zero-order valence-corrected chi connectivity index (χ0v) is 16.8. The lowest BCUT2D eigenvalue weighted by molar-refractivity contribution is 0.194. The number of pyridine rings is 2. The first-order valence-corrected chi connectivity index (χ1v) is 9.70. The molecule has 0 fully saturated rings. The first-order valence-electron chi connectivity index (χ1n) is 9.70. The summed E-state index contributed by atoms with van der Waals surface area (Å²) in [6.07, 6.45) is 7.26. The number of nitrogens with zero attached hydrogens (tertiary/aromatic N) is 3. The highest BCUT2D eigenvalue weighted by Crippen LogP contribution is 2.28. The van der Waals surface area contributed by atoms with Crippen LogP contribution >= 0.6 is 0 Å². The molecule has 0 spiro atoms. The van der Waals surface area contributed by atoms with E-state index < -0.39 is 12.1 Å². The molecule has 1 aromatic carbocycles. The molecular formula is C24H20N4O3. The van der Waals surface area contributed by atoms with Crippen molar-refractivity contribution in [3.05, 3.63) is 84.6 Å². The number of carboxylic acid groups (broad SMARTS) is 1. The predicted octanol–water partition coefficient (Wildman–Crippen LogP) is 4.31. The van der Waals surface area contributed by atoms with E-state index in [2.05, 4.69) is 26.8 Å². The number of aromatic nitrogens is 3. The number of hydrogen-bond donors (Lipinski definition) is 2. The Balaban J connectivity index is 1.48. The zero-order valence-electron chi connectivity index (χ0n) is 16.8. The highest BCUT2D eigenvalue weighted by molar-refractivity contribution is 6.00. The Morgan fingerprint density at radius 1 is 1.13 bits per heavy atom. The summed E-state index contributed by atoms with van der Waals surface area (Å²) >= 11 is 0. The quantitative estimate of drug-likeness (QED) is 0.477. The van der Waals surface area contributed by atoms with Crippen LogP contribution < -0.4 is 9.64 Å². The molecule has 4 aromatic rings. The number of amides is 1. The number of benzene rings is 1. The minimum atomic E-state index is -1.05. The number of fused-ring (bicyclic) bond motifs is 1. The van der Waals surface area contributed by atoms with Crippen molar-refractivity contribution in [2.75, 3.05) is 11.5 Å². The van der Waals surface area contributed by atoms with E-state index in [9.17, 15) is 9.90 Å². The van der Waals surface area contributed by atoms with Crippen LogP contribution in [0.5, 0.6) is 5.75 Å². The van der Waals surface area contributed by atoms with E-state index in [1.54, 1.807) is 44.0 Å². The normalized spacial score (nSPS) is 11.4. The Bertz CT molecular complexity index is 1260. The largest absolute Gasteiger partial charge is 0.490 e. The minimum absolute atomic E-state index is 0.161. The van der Waals surface area contributed by atoms with E-state index in [0.717, 1.165) is 16.5 Å². The van der Waals surface area contributed by atoms with Crippen molar-refractivity contribution in [3.8, 4) is 17.6 Å². The summed E-state index contributed by atoms with van der Waals surface area (Å²) in [7, 11) is 0. The molecule has 1 amide bonds. The van der Waals surface area contributed by atoms with Crippen LogP contribution in [0.1, 0.15) is 18.1 Å². The number of ether oxygens (including phenoxy) is 1. The molecule has 0 saturated heterocycles. The van der Waals surface area contributed by atoms with E-state index in [1.165, 1.54) is 4.90 Å². The number of H-pyrrole nitrogens is 1. The van der Waals surface area contributed by atoms with Gasteiger partial charge in [-0.05, 0) is 31.2 Å². The second-order valence-corrected chi connectivity index (χ2v) is 6.93. The van der Waals surface area contributed by atoms with Gasteiger partial charge in [0.15, 0.2) is 0 Å². The van der Waals surface area contributed by atoms with Gasteiger partial charge in [-0.25, -0.2) is 4.79 Å². The van der Waals surface area contributed by atoms with E-state index in [-0.39, 0.29) is 6.61 Å². The molecule has 0 aliphatic rings. The maximum Gasteiger partial charge on any atom is 0.412 e. The van der Waals surface area contributed by atoms with Gasteiger partial charge in [-0.15, -0.1) is 0 Å². The third kappa shape index (κ3) is 4.65. The number of hydrogen-bond acceptors (Lipinski definition) is 4. The van der Waals surface area contributed by atoms with Crippen molar-refractivity contribution < 1.29 is 14.6 Å². The molecule has 1 unspecified atom stereocenters. The molecule has 2 N–H and O–H groups in total. The fraction of sp³-hybridized carbons (Fsp3) is 0.125. The van der Waals surface area contributed by atoms with Gasteiger partial charge >= 0.3 is 6.09 Å². The van der Waals surface area contributed by atoms with Crippen LogP contribution in [0, 0.1) is 11.8 Å². The summed E-state index contributed by atoms with van der Waals surface area (Å²) in [5.41, 5.74) is 3.02. The fourth-order valence-electron chi connectivity index (χ4n) is 3.22.